The highest BCUT2D eigenvalue weighted by Gasteiger charge is 2.26. The van der Waals surface area contributed by atoms with E-state index < -0.39 is 6.04 Å². The van der Waals surface area contributed by atoms with Gasteiger partial charge in [-0.2, -0.15) is 0 Å². The molecule has 150 valence electrons. The summed E-state index contributed by atoms with van der Waals surface area (Å²) in [5.74, 6) is -0.0225. The Kier molecular flexibility index (Phi) is 8.61. The summed E-state index contributed by atoms with van der Waals surface area (Å²) in [6.07, 6.45) is 0.818. The first-order valence-corrected chi connectivity index (χ1v) is 9.86. The molecule has 0 aliphatic heterocycles. The lowest BCUT2D eigenvalue weighted by atomic mass is 10.1. The van der Waals surface area contributed by atoms with Crippen molar-refractivity contribution in [2.24, 2.45) is 0 Å². The number of carbonyl (C=O) groups excluding carboxylic acids is 2. The predicted molar refractivity (Wildman–Crippen MR) is 112 cm³/mol. The van der Waals surface area contributed by atoms with E-state index in [2.05, 4.69) is 5.32 Å². The number of benzene rings is 2. The van der Waals surface area contributed by atoms with Crippen molar-refractivity contribution >= 4 is 35.0 Å². The van der Waals surface area contributed by atoms with Crippen molar-refractivity contribution in [3.63, 3.8) is 0 Å². The fourth-order valence-electron chi connectivity index (χ4n) is 2.60. The largest absolute Gasteiger partial charge is 0.484 e. The zero-order valence-corrected chi connectivity index (χ0v) is 17.5. The van der Waals surface area contributed by atoms with E-state index in [-0.39, 0.29) is 25.0 Å². The molecule has 0 aliphatic rings. The Bertz CT molecular complexity index is 814. The standard InChI is InChI=1S/C21H24Cl2N2O3/c1-3-10-24-21(27)15(2)25(13-16-6-4-7-17(22)11-16)20(26)14-28-19-9-5-8-18(23)12-19/h4-9,11-12,15H,3,10,13-14H2,1-2H3,(H,24,27). The van der Waals surface area contributed by atoms with Gasteiger partial charge in [-0.1, -0.05) is 48.3 Å². The summed E-state index contributed by atoms with van der Waals surface area (Å²) >= 11 is 12.0. The second-order valence-corrected chi connectivity index (χ2v) is 7.24. The van der Waals surface area contributed by atoms with Crippen molar-refractivity contribution in [2.75, 3.05) is 13.2 Å². The molecule has 1 unspecified atom stereocenters. The zero-order valence-electron chi connectivity index (χ0n) is 16.0. The zero-order chi connectivity index (χ0) is 20.5. The monoisotopic (exact) mass is 422 g/mol. The van der Waals surface area contributed by atoms with Crippen LogP contribution < -0.4 is 10.1 Å². The summed E-state index contributed by atoms with van der Waals surface area (Å²) in [5, 5.41) is 3.92. The van der Waals surface area contributed by atoms with Gasteiger partial charge in [0.05, 0.1) is 0 Å². The lowest BCUT2D eigenvalue weighted by molar-refractivity contribution is -0.142. The van der Waals surface area contributed by atoms with E-state index in [1.165, 1.54) is 4.90 Å². The number of nitrogens with zero attached hydrogens (tertiary/aromatic N) is 1. The average molecular weight is 423 g/mol. The first kappa shape index (κ1) is 22.1. The maximum absolute atomic E-state index is 12.9. The molecular weight excluding hydrogens is 399 g/mol. The molecule has 0 aromatic heterocycles. The van der Waals surface area contributed by atoms with E-state index in [4.69, 9.17) is 27.9 Å². The van der Waals surface area contributed by atoms with Gasteiger partial charge >= 0.3 is 0 Å². The summed E-state index contributed by atoms with van der Waals surface area (Å²) in [4.78, 5) is 26.8. The van der Waals surface area contributed by atoms with Crippen LogP contribution in [0.5, 0.6) is 5.75 Å². The Morgan fingerprint density at radius 3 is 2.43 bits per heavy atom. The van der Waals surface area contributed by atoms with E-state index in [1.54, 1.807) is 43.3 Å². The first-order chi connectivity index (χ1) is 13.4. The van der Waals surface area contributed by atoms with Gasteiger partial charge in [0.15, 0.2) is 6.61 Å². The number of ether oxygens (including phenoxy) is 1. The van der Waals surface area contributed by atoms with E-state index in [0.29, 0.717) is 22.3 Å². The number of hydrogen-bond donors (Lipinski definition) is 1. The molecule has 0 fully saturated rings. The van der Waals surface area contributed by atoms with Gasteiger partial charge in [0.1, 0.15) is 11.8 Å². The van der Waals surface area contributed by atoms with Crippen LogP contribution in [-0.4, -0.2) is 35.9 Å². The minimum atomic E-state index is -0.652. The third kappa shape index (κ3) is 6.73. The smallest absolute Gasteiger partial charge is 0.261 e. The second-order valence-electron chi connectivity index (χ2n) is 6.36. The third-order valence-corrected chi connectivity index (χ3v) is 4.59. The number of nitrogens with one attached hydrogen (secondary N) is 1. The SMILES string of the molecule is CCCNC(=O)C(C)N(Cc1cccc(Cl)c1)C(=O)COc1cccc(Cl)c1. The van der Waals surface area contributed by atoms with Crippen LogP contribution in [0.4, 0.5) is 0 Å². The molecule has 1 atom stereocenters. The molecule has 0 heterocycles. The second kappa shape index (κ2) is 10.9. The van der Waals surface area contributed by atoms with E-state index in [0.717, 1.165) is 12.0 Å². The van der Waals surface area contributed by atoms with Crippen LogP contribution in [0.1, 0.15) is 25.8 Å². The first-order valence-electron chi connectivity index (χ1n) is 9.10. The quantitative estimate of drug-likeness (QED) is 0.654. The van der Waals surface area contributed by atoms with Crippen molar-refractivity contribution in [3.05, 3.63) is 64.1 Å². The fraction of sp³-hybridized carbons (Fsp3) is 0.333. The Labute approximate surface area is 175 Å². The van der Waals surface area contributed by atoms with E-state index >= 15 is 0 Å². The summed E-state index contributed by atoms with van der Waals surface area (Å²) in [5.41, 5.74) is 0.832. The normalized spacial score (nSPS) is 11.6. The lowest BCUT2D eigenvalue weighted by Crippen LogP contribution is -2.49. The third-order valence-electron chi connectivity index (χ3n) is 4.12. The van der Waals surface area contributed by atoms with Gasteiger partial charge in [-0.05, 0) is 49.2 Å². The van der Waals surface area contributed by atoms with Gasteiger partial charge in [0.2, 0.25) is 5.91 Å². The van der Waals surface area contributed by atoms with Gasteiger partial charge in [-0.15, -0.1) is 0 Å². The minimum Gasteiger partial charge on any atom is -0.484 e. The maximum Gasteiger partial charge on any atom is 0.261 e. The van der Waals surface area contributed by atoms with Crippen LogP contribution in [0.15, 0.2) is 48.5 Å². The van der Waals surface area contributed by atoms with E-state index in [9.17, 15) is 9.59 Å². The van der Waals surface area contributed by atoms with Gasteiger partial charge in [-0.3, -0.25) is 9.59 Å². The predicted octanol–water partition coefficient (Wildman–Crippen LogP) is 4.32. The van der Waals surface area contributed by atoms with Crippen LogP contribution in [0.2, 0.25) is 10.0 Å². The molecule has 0 spiro atoms. The van der Waals surface area contributed by atoms with E-state index in [1.807, 2.05) is 19.1 Å². The van der Waals surface area contributed by atoms with Crippen LogP contribution in [0, 0.1) is 0 Å². The fourth-order valence-corrected chi connectivity index (χ4v) is 2.99. The molecule has 0 radical (unpaired) electrons. The molecule has 0 saturated heterocycles. The summed E-state index contributed by atoms with van der Waals surface area (Å²) in [6, 6.07) is 13.4. The number of rotatable bonds is 9. The molecule has 0 bridgehead atoms. The molecule has 0 saturated carbocycles. The molecule has 2 amide bonds. The van der Waals surface area contributed by atoms with Gasteiger partial charge in [0.25, 0.3) is 5.91 Å². The topological polar surface area (TPSA) is 58.6 Å². The molecule has 0 aliphatic carbocycles. The van der Waals surface area contributed by atoms with Crippen LogP contribution in [-0.2, 0) is 16.1 Å². The molecule has 7 heteroatoms. The van der Waals surface area contributed by atoms with Crippen molar-refractivity contribution in [3.8, 4) is 5.75 Å². The minimum absolute atomic E-state index is 0.202. The van der Waals surface area contributed by atoms with Crippen molar-refractivity contribution in [1.82, 2.24) is 10.2 Å². The highest BCUT2D eigenvalue weighted by atomic mass is 35.5. The van der Waals surface area contributed by atoms with Gasteiger partial charge in [0, 0.05) is 23.1 Å². The number of carbonyl (C=O) groups is 2. The Hall–Kier alpha value is -2.24. The number of amides is 2. The van der Waals surface area contributed by atoms with Gasteiger partial charge in [-0.25, -0.2) is 0 Å². The molecule has 1 N–H and O–H groups in total. The molecule has 5 nitrogen and oxygen atoms in total. The number of halogens is 2. The Morgan fingerprint density at radius 1 is 1.11 bits per heavy atom. The van der Waals surface area contributed by atoms with Crippen LogP contribution in [0.3, 0.4) is 0 Å². The summed E-state index contributed by atoms with van der Waals surface area (Å²) < 4.78 is 5.57. The molecule has 2 aromatic carbocycles. The van der Waals surface area contributed by atoms with Crippen molar-refractivity contribution < 1.29 is 14.3 Å². The van der Waals surface area contributed by atoms with Crippen LogP contribution in [0.25, 0.3) is 0 Å². The molecule has 2 rings (SSSR count). The van der Waals surface area contributed by atoms with Gasteiger partial charge < -0.3 is 15.0 Å². The molecule has 28 heavy (non-hydrogen) atoms. The molecular formula is C21H24Cl2N2O3. The Morgan fingerprint density at radius 2 is 1.79 bits per heavy atom. The summed E-state index contributed by atoms with van der Waals surface area (Å²) in [7, 11) is 0. The highest BCUT2D eigenvalue weighted by molar-refractivity contribution is 6.30. The Balaban J connectivity index is 2.13. The van der Waals surface area contributed by atoms with Crippen molar-refractivity contribution in [1.29, 1.82) is 0 Å². The summed E-state index contributed by atoms with van der Waals surface area (Å²) in [6.45, 7) is 4.28. The van der Waals surface area contributed by atoms with Crippen molar-refractivity contribution in [2.45, 2.75) is 32.9 Å². The van der Waals surface area contributed by atoms with Crippen LogP contribution >= 0.6 is 23.2 Å². The lowest BCUT2D eigenvalue weighted by Gasteiger charge is -2.28. The average Bonchev–Trinajstić information content (AvgIpc) is 2.68. The highest BCUT2D eigenvalue weighted by Crippen LogP contribution is 2.18. The maximum atomic E-state index is 12.9. The number of hydrogen-bond acceptors (Lipinski definition) is 3. The molecule has 2 aromatic rings.